The first-order valence-corrected chi connectivity index (χ1v) is 7.94. The summed E-state index contributed by atoms with van der Waals surface area (Å²) in [5, 5.41) is -0.258. The predicted molar refractivity (Wildman–Crippen MR) is 65.2 cm³/mol. The summed E-state index contributed by atoms with van der Waals surface area (Å²) in [7, 11) is -2.89. The van der Waals surface area contributed by atoms with Crippen LogP contribution in [0.25, 0.3) is 0 Å². The van der Waals surface area contributed by atoms with Crippen LogP contribution < -0.4 is 0 Å². The molecule has 0 aromatic carbocycles. The van der Waals surface area contributed by atoms with Crippen molar-refractivity contribution in [2.24, 2.45) is 5.41 Å². The Bertz CT molecular complexity index is 290. The lowest BCUT2D eigenvalue weighted by Gasteiger charge is -2.26. The maximum Gasteiger partial charge on any atom is 0.152 e. The van der Waals surface area contributed by atoms with Crippen LogP contribution in [0.3, 0.4) is 0 Å². The van der Waals surface area contributed by atoms with E-state index in [0.29, 0.717) is 11.6 Å². The highest BCUT2D eigenvalue weighted by Gasteiger charge is 2.34. The fourth-order valence-corrected chi connectivity index (χ4v) is 3.76. The number of alkyl halides is 1. The molecule has 1 saturated carbocycles. The van der Waals surface area contributed by atoms with Gasteiger partial charge in [0.2, 0.25) is 0 Å². The number of halogens is 1. The number of rotatable bonds is 5. The highest BCUT2D eigenvalue weighted by molar-refractivity contribution is 7.91. The fraction of sp³-hybridized carbons (Fsp3) is 1.00. The Kier molecular flexibility index (Phi) is 4.48. The summed E-state index contributed by atoms with van der Waals surface area (Å²) in [5.41, 5.74) is 0.115. The van der Waals surface area contributed by atoms with Gasteiger partial charge >= 0.3 is 0 Å². The average molecular weight is 253 g/mol. The van der Waals surface area contributed by atoms with E-state index in [0.717, 1.165) is 19.3 Å². The van der Waals surface area contributed by atoms with Gasteiger partial charge in [-0.25, -0.2) is 8.42 Å². The summed E-state index contributed by atoms with van der Waals surface area (Å²) in [6.07, 6.45) is 5.36. The van der Waals surface area contributed by atoms with Crippen LogP contribution in [0, 0.1) is 5.41 Å². The molecule has 0 N–H and O–H groups in total. The number of sulfone groups is 1. The molecule has 1 aliphatic rings. The third kappa shape index (κ3) is 3.35. The van der Waals surface area contributed by atoms with Crippen molar-refractivity contribution >= 4 is 21.4 Å². The molecule has 0 unspecified atom stereocenters. The first kappa shape index (κ1) is 13.3. The summed E-state index contributed by atoms with van der Waals surface area (Å²) in [6, 6.07) is 0. The molecule has 2 nitrogen and oxygen atoms in total. The molecule has 1 fully saturated rings. The van der Waals surface area contributed by atoms with Crippen molar-refractivity contribution in [1.82, 2.24) is 0 Å². The van der Waals surface area contributed by atoms with Crippen LogP contribution in [-0.2, 0) is 9.84 Å². The summed E-state index contributed by atoms with van der Waals surface area (Å²) in [4.78, 5) is 0. The van der Waals surface area contributed by atoms with Gasteiger partial charge < -0.3 is 0 Å². The molecule has 0 spiro atoms. The predicted octanol–water partition coefficient (Wildman–Crippen LogP) is 3.00. The Morgan fingerprint density at radius 2 is 1.80 bits per heavy atom. The van der Waals surface area contributed by atoms with Crippen LogP contribution in [0.2, 0.25) is 0 Å². The molecule has 0 bridgehead atoms. The molecule has 0 aromatic rings. The SMILES string of the molecule is CC(C)S(=O)(=O)CCC1(CCl)CCCC1. The second-order valence-electron chi connectivity index (χ2n) is 5.01. The van der Waals surface area contributed by atoms with Crippen molar-refractivity contribution in [3.8, 4) is 0 Å². The van der Waals surface area contributed by atoms with Crippen molar-refractivity contribution < 1.29 is 8.42 Å². The molecule has 0 saturated heterocycles. The van der Waals surface area contributed by atoms with Crippen LogP contribution in [0.1, 0.15) is 46.0 Å². The standard InChI is InChI=1S/C11H21ClO2S/c1-10(2)15(13,14)8-7-11(9-12)5-3-4-6-11/h10H,3-9H2,1-2H3. The molecule has 0 radical (unpaired) electrons. The van der Waals surface area contributed by atoms with E-state index in [1.54, 1.807) is 13.8 Å². The minimum absolute atomic E-state index is 0.115. The van der Waals surface area contributed by atoms with Gasteiger partial charge in [0.15, 0.2) is 9.84 Å². The van der Waals surface area contributed by atoms with E-state index in [1.165, 1.54) is 12.8 Å². The molecule has 0 aliphatic heterocycles. The Labute approximate surface area is 98.3 Å². The Hall–Kier alpha value is 0.240. The van der Waals surface area contributed by atoms with Crippen LogP contribution in [0.5, 0.6) is 0 Å². The normalized spacial score (nSPS) is 21.1. The highest BCUT2D eigenvalue weighted by Crippen LogP contribution is 2.42. The Balaban J connectivity index is 2.55. The van der Waals surface area contributed by atoms with Gasteiger partial charge in [0.05, 0.1) is 11.0 Å². The van der Waals surface area contributed by atoms with Crippen LogP contribution in [0.4, 0.5) is 0 Å². The largest absolute Gasteiger partial charge is 0.229 e. The van der Waals surface area contributed by atoms with Gasteiger partial charge in [-0.3, -0.25) is 0 Å². The van der Waals surface area contributed by atoms with Gasteiger partial charge in [-0.2, -0.15) is 0 Å². The fourth-order valence-electron chi connectivity index (χ4n) is 2.17. The number of hydrogen-bond donors (Lipinski definition) is 0. The summed E-state index contributed by atoms with van der Waals surface area (Å²) >= 11 is 5.98. The lowest BCUT2D eigenvalue weighted by atomic mass is 9.86. The molecule has 90 valence electrons. The van der Waals surface area contributed by atoms with Crippen LogP contribution >= 0.6 is 11.6 Å². The van der Waals surface area contributed by atoms with E-state index >= 15 is 0 Å². The van der Waals surface area contributed by atoms with Gasteiger partial charge in [-0.15, -0.1) is 11.6 Å². The summed E-state index contributed by atoms with van der Waals surface area (Å²) in [6.45, 7) is 3.49. The van der Waals surface area contributed by atoms with E-state index in [2.05, 4.69) is 0 Å². The molecular formula is C11H21ClO2S. The molecule has 0 heterocycles. The van der Waals surface area contributed by atoms with Gasteiger partial charge in [0, 0.05) is 5.88 Å². The van der Waals surface area contributed by atoms with Crippen molar-refractivity contribution in [2.45, 2.75) is 51.2 Å². The van der Waals surface area contributed by atoms with Gasteiger partial charge in [0.25, 0.3) is 0 Å². The number of hydrogen-bond acceptors (Lipinski definition) is 2. The topological polar surface area (TPSA) is 34.1 Å². The maximum atomic E-state index is 11.7. The molecule has 1 aliphatic carbocycles. The summed E-state index contributed by atoms with van der Waals surface area (Å²) < 4.78 is 23.4. The van der Waals surface area contributed by atoms with Crippen molar-refractivity contribution in [1.29, 1.82) is 0 Å². The zero-order valence-corrected chi connectivity index (χ0v) is 11.2. The lowest BCUT2D eigenvalue weighted by Crippen LogP contribution is -2.26. The van der Waals surface area contributed by atoms with E-state index in [9.17, 15) is 8.42 Å². The first-order valence-electron chi connectivity index (χ1n) is 5.69. The van der Waals surface area contributed by atoms with Crippen LogP contribution in [-0.4, -0.2) is 25.3 Å². The van der Waals surface area contributed by atoms with Gasteiger partial charge in [-0.05, 0) is 38.5 Å². The second kappa shape index (κ2) is 5.05. The quantitative estimate of drug-likeness (QED) is 0.705. The van der Waals surface area contributed by atoms with E-state index in [4.69, 9.17) is 11.6 Å². The Morgan fingerprint density at radius 3 is 2.20 bits per heavy atom. The molecular weight excluding hydrogens is 232 g/mol. The van der Waals surface area contributed by atoms with E-state index < -0.39 is 9.84 Å². The van der Waals surface area contributed by atoms with Crippen molar-refractivity contribution in [3.63, 3.8) is 0 Å². The monoisotopic (exact) mass is 252 g/mol. The molecule has 0 atom stereocenters. The third-order valence-electron chi connectivity index (χ3n) is 3.58. The molecule has 1 rings (SSSR count). The van der Waals surface area contributed by atoms with E-state index in [-0.39, 0.29) is 10.7 Å². The first-order chi connectivity index (χ1) is 6.92. The molecule has 4 heteroatoms. The third-order valence-corrected chi connectivity index (χ3v) is 6.36. The smallest absolute Gasteiger partial charge is 0.152 e. The van der Waals surface area contributed by atoms with Gasteiger partial charge in [0.1, 0.15) is 0 Å². The molecule has 15 heavy (non-hydrogen) atoms. The van der Waals surface area contributed by atoms with E-state index in [1.807, 2.05) is 0 Å². The Morgan fingerprint density at radius 1 is 1.27 bits per heavy atom. The average Bonchev–Trinajstić information content (AvgIpc) is 2.64. The maximum absolute atomic E-state index is 11.7. The molecule has 0 aromatic heterocycles. The minimum Gasteiger partial charge on any atom is -0.229 e. The minimum atomic E-state index is -2.89. The van der Waals surface area contributed by atoms with Gasteiger partial charge in [-0.1, -0.05) is 12.8 Å². The summed E-state index contributed by atoms with van der Waals surface area (Å²) in [5.74, 6) is 0.915. The molecule has 0 amide bonds. The zero-order chi connectivity index (χ0) is 11.5. The highest BCUT2D eigenvalue weighted by atomic mass is 35.5. The van der Waals surface area contributed by atoms with Crippen molar-refractivity contribution in [3.05, 3.63) is 0 Å². The zero-order valence-electron chi connectivity index (χ0n) is 9.63. The van der Waals surface area contributed by atoms with Crippen LogP contribution in [0.15, 0.2) is 0 Å². The lowest BCUT2D eigenvalue weighted by molar-refractivity contribution is 0.330. The second-order valence-corrected chi connectivity index (χ2v) is 7.95. The van der Waals surface area contributed by atoms with Crippen molar-refractivity contribution in [2.75, 3.05) is 11.6 Å².